The molecule has 0 aromatic heterocycles. The van der Waals surface area contributed by atoms with Crippen molar-refractivity contribution in [2.75, 3.05) is 13.7 Å². The predicted molar refractivity (Wildman–Crippen MR) is 110 cm³/mol. The Morgan fingerprint density at radius 3 is 2.64 bits per heavy atom. The Morgan fingerprint density at radius 1 is 1.36 bits per heavy atom. The van der Waals surface area contributed by atoms with Gasteiger partial charge in [-0.3, -0.25) is 14.9 Å². The molecule has 0 radical (unpaired) electrons. The van der Waals surface area contributed by atoms with Gasteiger partial charge in [-0.05, 0) is 44.1 Å². The van der Waals surface area contributed by atoms with E-state index in [1.807, 2.05) is 0 Å². The average molecular weight is 407 g/mol. The number of ketones is 1. The number of carbonyl (C=O) groups excluding carboxylic acids is 1. The van der Waals surface area contributed by atoms with Crippen molar-refractivity contribution in [2.45, 2.75) is 46.1 Å². The molecule has 1 atom stereocenters. The summed E-state index contributed by atoms with van der Waals surface area (Å²) < 4.78 is 11.0. The van der Waals surface area contributed by atoms with E-state index in [4.69, 9.17) is 21.7 Å². The minimum absolute atomic E-state index is 0.0916. The second-order valence-corrected chi connectivity index (χ2v) is 6.92. The van der Waals surface area contributed by atoms with Crippen LogP contribution in [0, 0.1) is 10.1 Å². The number of nitrogens with one attached hydrogen (secondary N) is 2. The van der Waals surface area contributed by atoms with Crippen LogP contribution in [0.5, 0.6) is 11.5 Å². The highest BCUT2D eigenvalue weighted by Crippen LogP contribution is 2.41. The second-order valence-electron chi connectivity index (χ2n) is 6.51. The van der Waals surface area contributed by atoms with Gasteiger partial charge in [0.25, 0.3) is 0 Å². The lowest BCUT2D eigenvalue weighted by Crippen LogP contribution is -2.44. The molecular formula is C19H25N3O5S. The molecule has 0 aliphatic carbocycles. The Kier molecular flexibility index (Phi) is 7.33. The number of unbranched alkanes of at least 4 members (excludes halogenated alkanes) is 2. The van der Waals surface area contributed by atoms with E-state index in [0.717, 1.165) is 19.3 Å². The molecule has 0 spiro atoms. The number of Topliss-reactive ketones (excluding diaryl/α,β-unsaturated/α-hetero) is 1. The first-order chi connectivity index (χ1) is 13.3. The molecule has 2 N–H and O–H groups in total. The van der Waals surface area contributed by atoms with Crippen molar-refractivity contribution < 1.29 is 19.2 Å². The summed E-state index contributed by atoms with van der Waals surface area (Å²) in [5, 5.41) is 18.0. The number of methoxy groups -OCH3 is 1. The topological polar surface area (TPSA) is 103 Å². The first kappa shape index (κ1) is 21.6. The van der Waals surface area contributed by atoms with Crippen molar-refractivity contribution >= 4 is 28.8 Å². The molecule has 1 aromatic rings. The first-order valence-corrected chi connectivity index (χ1v) is 9.49. The van der Waals surface area contributed by atoms with Crippen LogP contribution in [0.25, 0.3) is 0 Å². The monoisotopic (exact) mass is 407 g/mol. The lowest BCUT2D eigenvalue weighted by atomic mass is 9.92. The molecule has 9 heteroatoms. The molecule has 1 aromatic carbocycles. The van der Waals surface area contributed by atoms with Crippen molar-refractivity contribution in [1.82, 2.24) is 10.6 Å². The molecule has 1 heterocycles. The van der Waals surface area contributed by atoms with Gasteiger partial charge in [-0.2, -0.15) is 0 Å². The fourth-order valence-electron chi connectivity index (χ4n) is 3.14. The van der Waals surface area contributed by atoms with Crippen LogP contribution in [0.2, 0.25) is 0 Å². The van der Waals surface area contributed by atoms with Crippen molar-refractivity contribution in [1.29, 1.82) is 0 Å². The van der Waals surface area contributed by atoms with E-state index < -0.39 is 11.0 Å². The van der Waals surface area contributed by atoms with Crippen molar-refractivity contribution in [3.63, 3.8) is 0 Å². The molecule has 0 saturated heterocycles. The van der Waals surface area contributed by atoms with Gasteiger partial charge >= 0.3 is 5.69 Å². The quantitative estimate of drug-likeness (QED) is 0.277. The number of carbonyl (C=O) groups is 1. The van der Waals surface area contributed by atoms with Gasteiger partial charge in [-0.15, -0.1) is 0 Å². The summed E-state index contributed by atoms with van der Waals surface area (Å²) in [5.41, 5.74) is 1.36. The van der Waals surface area contributed by atoms with E-state index in [9.17, 15) is 14.9 Å². The summed E-state index contributed by atoms with van der Waals surface area (Å²) >= 11 is 5.20. The average Bonchev–Trinajstić information content (AvgIpc) is 2.63. The number of thiocarbonyl (C=S) groups is 1. The lowest BCUT2D eigenvalue weighted by Gasteiger charge is -2.30. The highest BCUT2D eigenvalue weighted by Gasteiger charge is 2.31. The molecule has 1 unspecified atom stereocenters. The molecule has 0 amide bonds. The molecule has 152 valence electrons. The van der Waals surface area contributed by atoms with Gasteiger partial charge < -0.3 is 20.1 Å². The molecule has 0 bridgehead atoms. The zero-order chi connectivity index (χ0) is 20.8. The second kappa shape index (κ2) is 9.50. The van der Waals surface area contributed by atoms with Crippen LogP contribution in [0.4, 0.5) is 5.69 Å². The van der Waals surface area contributed by atoms with Gasteiger partial charge in [0.2, 0.25) is 5.75 Å². The zero-order valence-electron chi connectivity index (χ0n) is 16.5. The van der Waals surface area contributed by atoms with Crippen molar-refractivity contribution in [2.24, 2.45) is 0 Å². The SMILES string of the molecule is CCCCCOc1c(OC)cc(C2NC(=S)NC(C)=C2C(C)=O)cc1[N+](=O)[O-]. The molecule has 1 aliphatic heterocycles. The van der Waals surface area contributed by atoms with Crippen molar-refractivity contribution in [3.05, 3.63) is 39.1 Å². The summed E-state index contributed by atoms with van der Waals surface area (Å²) in [6.45, 7) is 5.61. The number of nitro groups is 1. The van der Waals surface area contributed by atoms with Gasteiger partial charge in [0.05, 0.1) is 24.7 Å². The summed E-state index contributed by atoms with van der Waals surface area (Å²) in [5.74, 6) is 0.174. The Balaban J connectivity index is 2.52. The lowest BCUT2D eigenvalue weighted by molar-refractivity contribution is -0.386. The van der Waals surface area contributed by atoms with Crippen LogP contribution in [-0.2, 0) is 4.79 Å². The number of hydrogen-bond donors (Lipinski definition) is 2. The normalized spacial score (nSPS) is 16.3. The smallest absolute Gasteiger partial charge is 0.315 e. The third-order valence-electron chi connectivity index (χ3n) is 4.45. The Labute approximate surface area is 169 Å². The standard InChI is InChI=1S/C19H25N3O5S/c1-5-6-7-8-27-18-14(22(24)25)9-13(10-15(18)26-4)17-16(12(3)23)11(2)20-19(28)21-17/h9-10,17H,5-8H2,1-4H3,(H2,20,21,28). The summed E-state index contributed by atoms with van der Waals surface area (Å²) in [7, 11) is 1.43. The number of allylic oxidation sites excluding steroid dienone is 1. The number of ether oxygens (including phenoxy) is 2. The Bertz CT molecular complexity index is 822. The highest BCUT2D eigenvalue weighted by atomic mass is 32.1. The zero-order valence-corrected chi connectivity index (χ0v) is 17.3. The molecule has 0 fully saturated rings. The third kappa shape index (κ3) is 4.78. The first-order valence-electron chi connectivity index (χ1n) is 9.08. The fraction of sp³-hybridized carbons (Fsp3) is 0.474. The van der Waals surface area contributed by atoms with E-state index in [0.29, 0.717) is 28.6 Å². The molecule has 8 nitrogen and oxygen atoms in total. The summed E-state index contributed by atoms with van der Waals surface area (Å²) in [6.07, 6.45) is 2.78. The fourth-order valence-corrected chi connectivity index (χ4v) is 3.42. The van der Waals surface area contributed by atoms with Gasteiger partial charge in [0, 0.05) is 17.3 Å². The van der Waals surface area contributed by atoms with Crippen LogP contribution < -0.4 is 20.1 Å². The predicted octanol–water partition coefficient (Wildman–Crippen LogP) is 3.55. The van der Waals surface area contributed by atoms with Crippen LogP contribution >= 0.6 is 12.2 Å². The van der Waals surface area contributed by atoms with Crippen molar-refractivity contribution in [3.8, 4) is 11.5 Å². The highest BCUT2D eigenvalue weighted by molar-refractivity contribution is 7.80. The number of nitrogens with zero attached hydrogens (tertiary/aromatic N) is 1. The van der Waals surface area contributed by atoms with E-state index in [-0.39, 0.29) is 23.0 Å². The maximum atomic E-state index is 12.2. The molecule has 0 saturated carbocycles. The number of hydrogen-bond acceptors (Lipinski definition) is 6. The summed E-state index contributed by atoms with van der Waals surface area (Å²) in [4.78, 5) is 23.4. The van der Waals surface area contributed by atoms with Crippen LogP contribution in [0.1, 0.15) is 51.6 Å². The third-order valence-corrected chi connectivity index (χ3v) is 4.67. The van der Waals surface area contributed by atoms with Gasteiger partial charge in [0.1, 0.15) is 0 Å². The van der Waals surface area contributed by atoms with Gasteiger partial charge in [0.15, 0.2) is 16.6 Å². The van der Waals surface area contributed by atoms with Crippen LogP contribution in [0.3, 0.4) is 0 Å². The van der Waals surface area contributed by atoms with Crippen LogP contribution in [0.15, 0.2) is 23.4 Å². The Morgan fingerprint density at radius 2 is 2.07 bits per heavy atom. The van der Waals surface area contributed by atoms with E-state index in [1.54, 1.807) is 13.0 Å². The largest absolute Gasteiger partial charge is 0.493 e. The Hall–Kier alpha value is -2.68. The molecule has 2 rings (SSSR count). The number of nitro benzene ring substituents is 1. The van der Waals surface area contributed by atoms with E-state index in [2.05, 4.69) is 17.6 Å². The minimum Gasteiger partial charge on any atom is -0.493 e. The number of benzene rings is 1. The summed E-state index contributed by atoms with van der Waals surface area (Å²) in [6, 6.07) is 2.43. The molecule has 28 heavy (non-hydrogen) atoms. The number of rotatable bonds is 9. The maximum absolute atomic E-state index is 12.2. The maximum Gasteiger partial charge on any atom is 0.315 e. The minimum atomic E-state index is -0.618. The van der Waals surface area contributed by atoms with E-state index in [1.165, 1.54) is 20.1 Å². The van der Waals surface area contributed by atoms with Crippen LogP contribution in [-0.4, -0.2) is 29.5 Å². The van der Waals surface area contributed by atoms with Gasteiger partial charge in [-0.25, -0.2) is 0 Å². The van der Waals surface area contributed by atoms with E-state index >= 15 is 0 Å². The molecular weight excluding hydrogens is 382 g/mol. The molecule has 1 aliphatic rings. The van der Waals surface area contributed by atoms with Gasteiger partial charge in [-0.1, -0.05) is 19.8 Å².